The van der Waals surface area contributed by atoms with E-state index >= 15 is 0 Å². The van der Waals surface area contributed by atoms with Crippen molar-refractivity contribution in [2.45, 2.75) is 25.6 Å². The van der Waals surface area contributed by atoms with E-state index < -0.39 is 6.10 Å². The molecule has 0 amide bonds. The van der Waals surface area contributed by atoms with Crippen molar-refractivity contribution in [3.8, 4) is 11.8 Å². The summed E-state index contributed by atoms with van der Waals surface area (Å²) in [5, 5.41) is 27.7. The molecule has 1 aromatic rings. The number of rotatable bonds is 8. The van der Waals surface area contributed by atoms with E-state index in [0.717, 1.165) is 6.54 Å². The lowest BCUT2D eigenvalue weighted by Gasteiger charge is -2.21. The molecule has 2 N–H and O–H groups in total. The van der Waals surface area contributed by atoms with E-state index in [2.05, 4.69) is 0 Å². The highest BCUT2D eigenvalue weighted by Crippen LogP contribution is 2.11. The maximum absolute atomic E-state index is 9.87. The number of hydrogen-bond donors (Lipinski definition) is 2. The molecule has 0 aliphatic rings. The number of nitriles is 1. The Bertz CT molecular complexity index is 426. The summed E-state index contributed by atoms with van der Waals surface area (Å²) in [6.45, 7) is 3.16. The Morgan fingerprint density at radius 1 is 1.30 bits per heavy atom. The lowest BCUT2D eigenvalue weighted by atomic mass is 10.2. The van der Waals surface area contributed by atoms with Crippen molar-refractivity contribution in [1.82, 2.24) is 4.90 Å². The topological polar surface area (TPSA) is 76.7 Å². The Balaban J connectivity index is 2.28. The van der Waals surface area contributed by atoms with Crippen LogP contribution in [0.2, 0.25) is 0 Å². The number of benzene rings is 1. The molecule has 0 saturated carbocycles. The van der Waals surface area contributed by atoms with Crippen LogP contribution in [0.5, 0.6) is 5.75 Å². The smallest absolute Gasteiger partial charge is 0.119 e. The minimum Gasteiger partial charge on any atom is -0.491 e. The van der Waals surface area contributed by atoms with E-state index in [1.807, 2.05) is 18.0 Å². The third-order valence-electron chi connectivity index (χ3n) is 2.88. The lowest BCUT2D eigenvalue weighted by molar-refractivity contribution is 0.0708. The maximum atomic E-state index is 9.87. The second-order valence-corrected chi connectivity index (χ2v) is 5.00. The van der Waals surface area contributed by atoms with Crippen molar-refractivity contribution in [2.75, 3.05) is 26.7 Å². The molecule has 0 radical (unpaired) electrons. The van der Waals surface area contributed by atoms with Gasteiger partial charge in [0, 0.05) is 13.1 Å². The fourth-order valence-electron chi connectivity index (χ4n) is 1.73. The predicted octanol–water partition coefficient (Wildman–Crippen LogP) is 1.00. The molecule has 20 heavy (non-hydrogen) atoms. The van der Waals surface area contributed by atoms with E-state index in [4.69, 9.17) is 10.00 Å². The first-order valence-electron chi connectivity index (χ1n) is 6.69. The number of ether oxygens (including phenoxy) is 1. The highest BCUT2D eigenvalue weighted by molar-refractivity contribution is 5.34. The molecule has 0 saturated heterocycles. The number of likely N-dealkylation sites (N-methyl/N-ethyl adjacent to an activating group) is 1. The number of hydrogen-bond acceptors (Lipinski definition) is 5. The molecule has 110 valence electrons. The number of nitrogens with zero attached hydrogens (tertiary/aromatic N) is 2. The molecule has 5 nitrogen and oxygen atoms in total. The SMILES string of the molecule is CC(O)CCN(C)CC(O)COc1ccc(C#N)cc1. The summed E-state index contributed by atoms with van der Waals surface area (Å²) >= 11 is 0. The molecule has 5 heteroatoms. The highest BCUT2D eigenvalue weighted by atomic mass is 16.5. The standard InChI is InChI=1S/C15H22N2O3/c1-12(18)7-8-17(2)10-14(19)11-20-15-5-3-13(9-16)4-6-15/h3-6,12,14,18-19H,7-8,10-11H2,1-2H3. The summed E-state index contributed by atoms with van der Waals surface area (Å²) in [4.78, 5) is 1.96. The number of aliphatic hydroxyl groups is 2. The largest absolute Gasteiger partial charge is 0.491 e. The maximum Gasteiger partial charge on any atom is 0.119 e. The van der Waals surface area contributed by atoms with Crippen molar-refractivity contribution in [2.24, 2.45) is 0 Å². The van der Waals surface area contributed by atoms with Crippen LogP contribution >= 0.6 is 0 Å². The van der Waals surface area contributed by atoms with Gasteiger partial charge in [0.2, 0.25) is 0 Å². The van der Waals surface area contributed by atoms with Crippen molar-refractivity contribution < 1.29 is 14.9 Å². The van der Waals surface area contributed by atoms with Crippen LogP contribution in [0.1, 0.15) is 18.9 Å². The van der Waals surface area contributed by atoms with Gasteiger partial charge in [-0.05, 0) is 44.7 Å². The van der Waals surface area contributed by atoms with Gasteiger partial charge in [-0.15, -0.1) is 0 Å². The minimum absolute atomic E-state index is 0.199. The average molecular weight is 278 g/mol. The quantitative estimate of drug-likeness (QED) is 0.742. The van der Waals surface area contributed by atoms with Crippen LogP contribution in [0.25, 0.3) is 0 Å². The third kappa shape index (κ3) is 6.53. The molecule has 2 atom stereocenters. The molecule has 0 aromatic heterocycles. The van der Waals surface area contributed by atoms with Gasteiger partial charge in [-0.1, -0.05) is 0 Å². The minimum atomic E-state index is -0.593. The Morgan fingerprint density at radius 2 is 1.95 bits per heavy atom. The van der Waals surface area contributed by atoms with Gasteiger partial charge in [0.25, 0.3) is 0 Å². The van der Waals surface area contributed by atoms with E-state index in [1.54, 1.807) is 31.2 Å². The molecule has 0 fully saturated rings. The molecule has 0 aliphatic heterocycles. The second kappa shape index (κ2) is 8.54. The fourth-order valence-corrected chi connectivity index (χ4v) is 1.73. The van der Waals surface area contributed by atoms with Gasteiger partial charge < -0.3 is 19.8 Å². The highest BCUT2D eigenvalue weighted by Gasteiger charge is 2.10. The van der Waals surface area contributed by atoms with Crippen molar-refractivity contribution in [3.63, 3.8) is 0 Å². The monoisotopic (exact) mass is 278 g/mol. The zero-order valence-electron chi connectivity index (χ0n) is 12.0. The summed E-state index contributed by atoms with van der Waals surface area (Å²) in [7, 11) is 1.90. The Labute approximate surface area is 120 Å². The molecule has 0 spiro atoms. The summed E-state index contributed by atoms with van der Waals surface area (Å²) in [5.74, 6) is 0.634. The Hall–Kier alpha value is -1.61. The molecule has 0 heterocycles. The third-order valence-corrected chi connectivity index (χ3v) is 2.88. The summed E-state index contributed by atoms with van der Waals surface area (Å²) in [6.07, 6.45) is -0.242. The van der Waals surface area contributed by atoms with Crippen molar-refractivity contribution in [1.29, 1.82) is 5.26 Å². The second-order valence-electron chi connectivity index (χ2n) is 5.00. The normalized spacial score (nSPS) is 13.8. The molecule has 2 unspecified atom stereocenters. The van der Waals surface area contributed by atoms with E-state index in [1.165, 1.54) is 0 Å². The van der Waals surface area contributed by atoms with Crippen LogP contribution < -0.4 is 4.74 Å². The molecule has 0 bridgehead atoms. The first-order chi connectivity index (χ1) is 9.51. The van der Waals surface area contributed by atoms with Crippen LogP contribution in [0, 0.1) is 11.3 Å². The molecule has 1 rings (SSSR count). The first kappa shape index (κ1) is 16.4. The van der Waals surface area contributed by atoms with Crippen molar-refractivity contribution >= 4 is 0 Å². The lowest BCUT2D eigenvalue weighted by Crippen LogP contribution is -2.34. The van der Waals surface area contributed by atoms with Crippen LogP contribution in [0.15, 0.2) is 24.3 Å². The van der Waals surface area contributed by atoms with Gasteiger partial charge in [-0.3, -0.25) is 0 Å². The van der Waals surface area contributed by atoms with Gasteiger partial charge in [0.05, 0.1) is 17.7 Å². The summed E-state index contributed by atoms with van der Waals surface area (Å²) in [5.41, 5.74) is 0.579. The fraction of sp³-hybridized carbons (Fsp3) is 0.533. The Kier molecular flexibility index (Phi) is 7.02. The van der Waals surface area contributed by atoms with Crippen molar-refractivity contribution in [3.05, 3.63) is 29.8 Å². The average Bonchev–Trinajstić information content (AvgIpc) is 2.43. The van der Waals surface area contributed by atoms with Gasteiger partial charge in [0.15, 0.2) is 0 Å². The molecular formula is C15H22N2O3. The van der Waals surface area contributed by atoms with Crippen LogP contribution in [-0.4, -0.2) is 54.1 Å². The van der Waals surface area contributed by atoms with Gasteiger partial charge in [-0.2, -0.15) is 5.26 Å². The van der Waals surface area contributed by atoms with E-state index in [9.17, 15) is 10.2 Å². The molecule has 0 aliphatic carbocycles. The van der Waals surface area contributed by atoms with Crippen LogP contribution in [0.4, 0.5) is 0 Å². The van der Waals surface area contributed by atoms with E-state index in [0.29, 0.717) is 24.3 Å². The van der Waals surface area contributed by atoms with Gasteiger partial charge >= 0.3 is 0 Å². The zero-order valence-corrected chi connectivity index (χ0v) is 12.0. The van der Waals surface area contributed by atoms with E-state index in [-0.39, 0.29) is 12.7 Å². The Morgan fingerprint density at radius 3 is 2.50 bits per heavy atom. The molecule has 1 aromatic carbocycles. The summed E-state index contributed by atoms with van der Waals surface area (Å²) < 4.78 is 5.46. The number of aliphatic hydroxyl groups excluding tert-OH is 2. The van der Waals surface area contributed by atoms with Gasteiger partial charge in [-0.25, -0.2) is 0 Å². The molecular weight excluding hydrogens is 256 g/mol. The first-order valence-corrected chi connectivity index (χ1v) is 6.69. The summed E-state index contributed by atoms with van der Waals surface area (Å²) in [6, 6.07) is 8.81. The van der Waals surface area contributed by atoms with Gasteiger partial charge in [0.1, 0.15) is 18.5 Å². The van der Waals surface area contributed by atoms with Crippen LogP contribution in [0.3, 0.4) is 0 Å². The zero-order chi connectivity index (χ0) is 15.0. The predicted molar refractivity (Wildman–Crippen MR) is 76.5 cm³/mol. The van der Waals surface area contributed by atoms with Crippen LogP contribution in [-0.2, 0) is 0 Å².